The summed E-state index contributed by atoms with van der Waals surface area (Å²) in [5, 5.41) is 17.0. The summed E-state index contributed by atoms with van der Waals surface area (Å²) in [4.78, 5) is 15.7. The number of amides is 1. The highest BCUT2D eigenvalue weighted by Crippen LogP contribution is 2.13. The zero-order valence-corrected chi connectivity index (χ0v) is 14.9. The van der Waals surface area contributed by atoms with Crippen molar-refractivity contribution in [3.63, 3.8) is 0 Å². The number of nitrogens with zero attached hydrogens (tertiary/aromatic N) is 3. The number of hydrogen-bond donors (Lipinski definition) is 3. The van der Waals surface area contributed by atoms with Gasteiger partial charge in [-0.25, -0.2) is 4.39 Å². The van der Waals surface area contributed by atoms with Crippen LogP contribution in [0.15, 0.2) is 60.9 Å². The van der Waals surface area contributed by atoms with E-state index in [0.717, 1.165) is 5.69 Å². The van der Waals surface area contributed by atoms with E-state index in [1.165, 1.54) is 24.3 Å². The van der Waals surface area contributed by atoms with Gasteiger partial charge in [0.05, 0.1) is 0 Å². The molecular formula is C19H19FN6O2. The third-order valence-electron chi connectivity index (χ3n) is 3.55. The first-order valence-corrected chi connectivity index (χ1v) is 8.59. The first-order chi connectivity index (χ1) is 13.7. The van der Waals surface area contributed by atoms with Gasteiger partial charge >= 0.3 is 0 Å². The summed E-state index contributed by atoms with van der Waals surface area (Å²) in [6, 6.07) is 12.7. The number of pyridine rings is 1. The third-order valence-corrected chi connectivity index (χ3v) is 3.55. The van der Waals surface area contributed by atoms with Crippen molar-refractivity contribution in [3.8, 4) is 5.75 Å². The van der Waals surface area contributed by atoms with Crippen molar-refractivity contribution in [1.29, 1.82) is 0 Å². The van der Waals surface area contributed by atoms with Gasteiger partial charge < -0.3 is 20.7 Å². The number of aromatic nitrogens is 3. The van der Waals surface area contributed by atoms with E-state index < -0.39 is 0 Å². The zero-order valence-electron chi connectivity index (χ0n) is 14.9. The summed E-state index contributed by atoms with van der Waals surface area (Å²) in [6.07, 6.45) is 3.37. The molecule has 0 aliphatic heterocycles. The van der Waals surface area contributed by atoms with Crippen LogP contribution in [0.1, 0.15) is 0 Å². The van der Waals surface area contributed by atoms with Gasteiger partial charge in [-0.3, -0.25) is 9.78 Å². The Morgan fingerprint density at radius 1 is 0.929 bits per heavy atom. The predicted molar refractivity (Wildman–Crippen MR) is 103 cm³/mol. The van der Waals surface area contributed by atoms with Crippen molar-refractivity contribution in [2.24, 2.45) is 0 Å². The molecule has 0 saturated heterocycles. The Morgan fingerprint density at radius 3 is 2.36 bits per heavy atom. The molecule has 0 aliphatic carbocycles. The molecule has 0 aliphatic rings. The second kappa shape index (κ2) is 9.81. The average Bonchev–Trinajstić information content (AvgIpc) is 2.73. The van der Waals surface area contributed by atoms with Gasteiger partial charge in [0.2, 0.25) is 0 Å². The molecule has 0 spiro atoms. The first-order valence-electron chi connectivity index (χ1n) is 8.59. The topological polar surface area (TPSA) is 101 Å². The minimum atomic E-state index is -0.354. The molecule has 9 heteroatoms. The fraction of sp³-hybridized carbons (Fsp3) is 0.158. The molecule has 0 bridgehead atoms. The number of halogens is 1. The molecular weight excluding hydrogens is 363 g/mol. The molecule has 3 N–H and O–H groups in total. The van der Waals surface area contributed by atoms with Crippen molar-refractivity contribution in [3.05, 3.63) is 66.7 Å². The standard InChI is InChI=1S/C19H19FN6O2/c20-14-1-3-16(4-2-14)28-13-19(27)23-12-11-22-17-5-6-18(26-25-17)24-15-7-9-21-10-8-15/h1-10H,11-13H2,(H,22,25)(H,23,27)(H,21,24,26). The third kappa shape index (κ3) is 6.20. The fourth-order valence-electron chi connectivity index (χ4n) is 2.20. The van der Waals surface area contributed by atoms with E-state index in [0.29, 0.717) is 30.5 Å². The number of ether oxygens (including phenoxy) is 1. The highest BCUT2D eigenvalue weighted by molar-refractivity contribution is 5.77. The minimum absolute atomic E-state index is 0.138. The van der Waals surface area contributed by atoms with E-state index in [-0.39, 0.29) is 18.3 Å². The second-order valence-electron chi connectivity index (χ2n) is 5.68. The monoisotopic (exact) mass is 382 g/mol. The highest BCUT2D eigenvalue weighted by Gasteiger charge is 2.03. The molecule has 8 nitrogen and oxygen atoms in total. The van der Waals surface area contributed by atoms with Crippen LogP contribution in [-0.4, -0.2) is 40.8 Å². The van der Waals surface area contributed by atoms with Crippen LogP contribution in [0.25, 0.3) is 0 Å². The maximum atomic E-state index is 12.8. The van der Waals surface area contributed by atoms with E-state index in [1.54, 1.807) is 24.5 Å². The van der Waals surface area contributed by atoms with E-state index in [1.807, 2.05) is 12.1 Å². The van der Waals surface area contributed by atoms with E-state index in [2.05, 4.69) is 31.1 Å². The Labute approximate surface area is 161 Å². The Bertz CT molecular complexity index is 875. The molecule has 0 radical (unpaired) electrons. The largest absolute Gasteiger partial charge is 0.484 e. The first kappa shape index (κ1) is 19.0. The van der Waals surface area contributed by atoms with Gasteiger partial charge in [-0.15, -0.1) is 10.2 Å². The molecule has 144 valence electrons. The van der Waals surface area contributed by atoms with Crippen LogP contribution in [0.4, 0.5) is 21.7 Å². The average molecular weight is 382 g/mol. The number of anilines is 3. The van der Waals surface area contributed by atoms with Crippen molar-refractivity contribution < 1.29 is 13.9 Å². The maximum Gasteiger partial charge on any atom is 0.258 e. The molecule has 3 aromatic rings. The number of rotatable bonds is 9. The number of hydrogen-bond acceptors (Lipinski definition) is 7. The molecule has 0 fully saturated rings. The van der Waals surface area contributed by atoms with Crippen LogP contribution >= 0.6 is 0 Å². The SMILES string of the molecule is O=C(COc1ccc(F)cc1)NCCNc1ccc(Nc2ccncc2)nn1. The lowest BCUT2D eigenvalue weighted by Crippen LogP contribution is -2.32. The summed E-state index contributed by atoms with van der Waals surface area (Å²) in [5.74, 6) is 1.02. The molecule has 2 heterocycles. The van der Waals surface area contributed by atoms with Gasteiger partial charge in [-0.05, 0) is 48.5 Å². The van der Waals surface area contributed by atoms with Crippen molar-refractivity contribution in [2.45, 2.75) is 0 Å². The van der Waals surface area contributed by atoms with Crippen LogP contribution in [0.2, 0.25) is 0 Å². The van der Waals surface area contributed by atoms with Gasteiger partial charge in [-0.2, -0.15) is 0 Å². The Morgan fingerprint density at radius 2 is 1.64 bits per heavy atom. The van der Waals surface area contributed by atoms with Gasteiger partial charge in [0.15, 0.2) is 12.4 Å². The molecule has 28 heavy (non-hydrogen) atoms. The zero-order chi connectivity index (χ0) is 19.6. The summed E-state index contributed by atoms with van der Waals surface area (Å²) >= 11 is 0. The smallest absolute Gasteiger partial charge is 0.258 e. The molecule has 0 unspecified atom stereocenters. The summed E-state index contributed by atoms with van der Waals surface area (Å²) in [5.41, 5.74) is 0.871. The van der Waals surface area contributed by atoms with Gasteiger partial charge in [0, 0.05) is 31.2 Å². The molecule has 1 amide bonds. The van der Waals surface area contributed by atoms with Crippen molar-refractivity contribution in [2.75, 3.05) is 30.3 Å². The second-order valence-corrected chi connectivity index (χ2v) is 5.68. The lowest BCUT2D eigenvalue weighted by molar-refractivity contribution is -0.123. The van der Waals surface area contributed by atoms with Gasteiger partial charge in [-0.1, -0.05) is 0 Å². The molecule has 3 rings (SSSR count). The van der Waals surface area contributed by atoms with Crippen molar-refractivity contribution in [1.82, 2.24) is 20.5 Å². The molecule has 2 aromatic heterocycles. The lowest BCUT2D eigenvalue weighted by atomic mass is 10.3. The highest BCUT2D eigenvalue weighted by atomic mass is 19.1. The van der Waals surface area contributed by atoms with Gasteiger partial charge in [0.1, 0.15) is 17.4 Å². The predicted octanol–water partition coefficient (Wildman–Crippen LogP) is 2.36. The summed E-state index contributed by atoms with van der Waals surface area (Å²) < 4.78 is 18.1. The van der Waals surface area contributed by atoms with E-state index in [9.17, 15) is 9.18 Å². The quantitative estimate of drug-likeness (QED) is 0.488. The van der Waals surface area contributed by atoms with E-state index >= 15 is 0 Å². The van der Waals surface area contributed by atoms with Crippen LogP contribution in [-0.2, 0) is 4.79 Å². The molecule has 0 saturated carbocycles. The van der Waals surface area contributed by atoms with Crippen LogP contribution in [0.3, 0.4) is 0 Å². The normalized spacial score (nSPS) is 10.2. The van der Waals surface area contributed by atoms with Crippen LogP contribution in [0, 0.1) is 5.82 Å². The number of benzene rings is 1. The fourth-order valence-corrected chi connectivity index (χ4v) is 2.20. The van der Waals surface area contributed by atoms with Gasteiger partial charge in [0.25, 0.3) is 5.91 Å². The van der Waals surface area contributed by atoms with E-state index in [4.69, 9.17) is 4.74 Å². The Balaban J connectivity index is 1.33. The summed E-state index contributed by atoms with van der Waals surface area (Å²) in [6.45, 7) is 0.735. The molecule has 1 aromatic carbocycles. The number of nitrogens with one attached hydrogen (secondary N) is 3. The molecule has 0 atom stereocenters. The Kier molecular flexibility index (Phi) is 6.67. The van der Waals surface area contributed by atoms with Crippen LogP contribution < -0.4 is 20.7 Å². The number of carbonyl (C=O) groups is 1. The summed E-state index contributed by atoms with van der Waals surface area (Å²) in [7, 11) is 0. The lowest BCUT2D eigenvalue weighted by Gasteiger charge is -2.09. The Hall–Kier alpha value is -3.75. The minimum Gasteiger partial charge on any atom is -0.484 e. The van der Waals surface area contributed by atoms with Crippen LogP contribution in [0.5, 0.6) is 5.75 Å². The maximum absolute atomic E-state index is 12.8. The van der Waals surface area contributed by atoms with Crippen molar-refractivity contribution >= 4 is 23.2 Å². The number of carbonyl (C=O) groups excluding carboxylic acids is 1.